The molecular weight excluding hydrogens is 314 g/mol. The van der Waals surface area contributed by atoms with E-state index in [4.69, 9.17) is 4.74 Å². The van der Waals surface area contributed by atoms with Crippen LogP contribution in [-0.2, 0) is 9.53 Å². The van der Waals surface area contributed by atoms with Gasteiger partial charge in [-0.1, -0.05) is 0 Å². The number of nitrogens with one attached hydrogen (secondary N) is 1. The predicted molar refractivity (Wildman–Crippen MR) is 102 cm³/mol. The predicted octanol–water partition coefficient (Wildman–Crippen LogP) is 2.83. The number of hydrogen-bond acceptors (Lipinski definition) is 4. The van der Waals surface area contributed by atoms with E-state index in [1.807, 2.05) is 12.1 Å². The summed E-state index contributed by atoms with van der Waals surface area (Å²) in [4.78, 5) is 17.0. The molecule has 5 nitrogen and oxygen atoms in total. The molecule has 1 amide bonds. The lowest BCUT2D eigenvalue weighted by Crippen LogP contribution is -2.37. The Bertz CT molecular complexity index is 545. The maximum Gasteiger partial charge on any atom is 0.227 e. The highest BCUT2D eigenvalue weighted by molar-refractivity contribution is 5.92. The molecule has 2 fully saturated rings. The summed E-state index contributed by atoms with van der Waals surface area (Å²) in [6, 6.07) is 8.31. The number of piperidine rings is 1. The van der Waals surface area contributed by atoms with Gasteiger partial charge in [-0.2, -0.15) is 0 Å². The Morgan fingerprint density at radius 1 is 1.12 bits per heavy atom. The molecule has 0 spiro atoms. The molecular formula is C20H31N3O2. The number of carbonyl (C=O) groups excluding carboxylic acids is 1. The fourth-order valence-electron chi connectivity index (χ4n) is 3.85. The molecule has 0 aliphatic carbocycles. The monoisotopic (exact) mass is 345 g/mol. The minimum Gasteiger partial charge on any atom is -0.381 e. The number of carbonyl (C=O) groups is 1. The van der Waals surface area contributed by atoms with Crippen LogP contribution in [0, 0.1) is 11.8 Å². The summed E-state index contributed by atoms with van der Waals surface area (Å²) in [5.74, 6) is 1.02. The van der Waals surface area contributed by atoms with E-state index in [0.717, 1.165) is 37.5 Å². The van der Waals surface area contributed by atoms with Crippen LogP contribution in [0.15, 0.2) is 24.3 Å². The Labute approximate surface area is 151 Å². The van der Waals surface area contributed by atoms with Gasteiger partial charge in [0.2, 0.25) is 5.91 Å². The molecule has 2 saturated heterocycles. The quantitative estimate of drug-likeness (QED) is 0.891. The van der Waals surface area contributed by atoms with Gasteiger partial charge in [0.05, 0.1) is 0 Å². The highest BCUT2D eigenvalue weighted by atomic mass is 16.5. The van der Waals surface area contributed by atoms with Crippen LogP contribution in [0.4, 0.5) is 11.4 Å². The third-order valence-electron chi connectivity index (χ3n) is 5.33. The van der Waals surface area contributed by atoms with Gasteiger partial charge < -0.3 is 19.9 Å². The van der Waals surface area contributed by atoms with Crippen molar-refractivity contribution in [1.82, 2.24) is 4.90 Å². The first-order valence-electron chi connectivity index (χ1n) is 9.50. The largest absolute Gasteiger partial charge is 0.381 e. The zero-order valence-electron chi connectivity index (χ0n) is 15.5. The molecule has 1 aromatic rings. The average molecular weight is 345 g/mol. The molecule has 0 unspecified atom stereocenters. The van der Waals surface area contributed by atoms with E-state index in [2.05, 4.69) is 41.3 Å². The molecule has 0 aromatic heterocycles. The lowest BCUT2D eigenvalue weighted by Gasteiger charge is -2.34. The maximum absolute atomic E-state index is 12.3. The van der Waals surface area contributed by atoms with Gasteiger partial charge in [-0.15, -0.1) is 0 Å². The minimum atomic E-state index is 0.0872. The Balaban J connectivity index is 1.50. The number of rotatable bonds is 5. The summed E-state index contributed by atoms with van der Waals surface area (Å²) in [6.45, 7) is 4.81. The summed E-state index contributed by atoms with van der Waals surface area (Å²) in [7, 11) is 4.31. The second kappa shape index (κ2) is 8.68. The molecule has 1 N–H and O–H groups in total. The molecule has 0 radical (unpaired) electrons. The highest BCUT2D eigenvalue weighted by Gasteiger charge is 2.22. The number of hydrogen-bond donors (Lipinski definition) is 1. The van der Waals surface area contributed by atoms with Gasteiger partial charge in [0.25, 0.3) is 0 Å². The van der Waals surface area contributed by atoms with Crippen LogP contribution in [-0.4, -0.2) is 57.8 Å². The van der Waals surface area contributed by atoms with E-state index in [0.29, 0.717) is 13.2 Å². The van der Waals surface area contributed by atoms with Crippen molar-refractivity contribution in [1.29, 1.82) is 0 Å². The van der Waals surface area contributed by atoms with Crippen LogP contribution in [0.2, 0.25) is 0 Å². The van der Waals surface area contributed by atoms with Gasteiger partial charge in [0.1, 0.15) is 0 Å². The SMILES string of the molecule is CN(C)CC1CCN(c2ccc(NC(=O)C3CCOCC3)cc2)CC1. The molecule has 0 atom stereocenters. The van der Waals surface area contributed by atoms with Crippen LogP contribution >= 0.6 is 0 Å². The molecule has 138 valence electrons. The van der Waals surface area contributed by atoms with Gasteiger partial charge in [-0.25, -0.2) is 0 Å². The second-order valence-electron chi connectivity index (χ2n) is 7.62. The summed E-state index contributed by atoms with van der Waals surface area (Å²) < 4.78 is 5.32. The summed E-state index contributed by atoms with van der Waals surface area (Å²) in [5, 5.41) is 3.05. The fourth-order valence-corrected chi connectivity index (χ4v) is 3.85. The second-order valence-corrected chi connectivity index (χ2v) is 7.62. The van der Waals surface area contributed by atoms with Crippen molar-refractivity contribution in [2.45, 2.75) is 25.7 Å². The molecule has 1 aromatic carbocycles. The molecule has 0 bridgehead atoms. The van der Waals surface area contributed by atoms with Crippen LogP contribution in [0.5, 0.6) is 0 Å². The number of anilines is 2. The third-order valence-corrected chi connectivity index (χ3v) is 5.33. The Morgan fingerprint density at radius 3 is 2.36 bits per heavy atom. The van der Waals surface area contributed by atoms with Crippen molar-refractivity contribution in [3.8, 4) is 0 Å². The van der Waals surface area contributed by atoms with Gasteiger partial charge in [-0.05, 0) is 70.0 Å². The van der Waals surface area contributed by atoms with E-state index in [1.165, 1.54) is 25.1 Å². The first kappa shape index (κ1) is 18.2. The topological polar surface area (TPSA) is 44.8 Å². The van der Waals surface area contributed by atoms with Crippen molar-refractivity contribution in [2.24, 2.45) is 11.8 Å². The zero-order chi connectivity index (χ0) is 17.6. The fraction of sp³-hybridized carbons (Fsp3) is 0.650. The summed E-state index contributed by atoms with van der Waals surface area (Å²) >= 11 is 0. The number of nitrogens with zero attached hydrogens (tertiary/aromatic N) is 2. The van der Waals surface area contributed by atoms with Crippen molar-refractivity contribution < 1.29 is 9.53 Å². The first-order chi connectivity index (χ1) is 12.1. The van der Waals surface area contributed by atoms with E-state index in [-0.39, 0.29) is 11.8 Å². The average Bonchev–Trinajstić information content (AvgIpc) is 2.63. The van der Waals surface area contributed by atoms with Crippen molar-refractivity contribution in [3.05, 3.63) is 24.3 Å². The summed E-state index contributed by atoms with van der Waals surface area (Å²) in [6.07, 6.45) is 4.15. The molecule has 2 aliphatic heterocycles. The van der Waals surface area contributed by atoms with Crippen LogP contribution in [0.1, 0.15) is 25.7 Å². The lowest BCUT2D eigenvalue weighted by atomic mass is 9.96. The van der Waals surface area contributed by atoms with Crippen molar-refractivity contribution >= 4 is 17.3 Å². The zero-order valence-corrected chi connectivity index (χ0v) is 15.5. The van der Waals surface area contributed by atoms with Crippen LogP contribution in [0.25, 0.3) is 0 Å². The smallest absolute Gasteiger partial charge is 0.227 e. The Hall–Kier alpha value is -1.59. The molecule has 25 heavy (non-hydrogen) atoms. The minimum absolute atomic E-state index is 0.0872. The molecule has 0 saturated carbocycles. The lowest BCUT2D eigenvalue weighted by molar-refractivity contribution is -0.122. The van der Waals surface area contributed by atoms with E-state index >= 15 is 0 Å². The molecule has 5 heteroatoms. The van der Waals surface area contributed by atoms with Gasteiger partial charge >= 0.3 is 0 Å². The van der Waals surface area contributed by atoms with Crippen molar-refractivity contribution in [2.75, 3.05) is 57.2 Å². The van der Waals surface area contributed by atoms with E-state index < -0.39 is 0 Å². The van der Waals surface area contributed by atoms with Crippen molar-refractivity contribution in [3.63, 3.8) is 0 Å². The normalized spacial score (nSPS) is 20.0. The van der Waals surface area contributed by atoms with Crippen LogP contribution in [0.3, 0.4) is 0 Å². The Morgan fingerprint density at radius 2 is 1.76 bits per heavy atom. The number of benzene rings is 1. The molecule has 2 aliphatic rings. The van der Waals surface area contributed by atoms with Gasteiger partial charge in [0.15, 0.2) is 0 Å². The summed E-state index contributed by atoms with van der Waals surface area (Å²) in [5.41, 5.74) is 2.15. The standard InChI is InChI=1S/C20H31N3O2/c1-22(2)15-16-7-11-23(12-8-16)19-5-3-18(4-6-19)21-20(24)17-9-13-25-14-10-17/h3-6,16-17H,7-15H2,1-2H3,(H,21,24). The molecule has 3 rings (SSSR count). The number of amides is 1. The van der Waals surface area contributed by atoms with E-state index in [9.17, 15) is 4.79 Å². The first-order valence-corrected chi connectivity index (χ1v) is 9.50. The van der Waals surface area contributed by atoms with Crippen LogP contribution < -0.4 is 10.2 Å². The van der Waals surface area contributed by atoms with Gasteiger partial charge in [-0.3, -0.25) is 4.79 Å². The highest BCUT2D eigenvalue weighted by Crippen LogP contribution is 2.25. The van der Waals surface area contributed by atoms with Gasteiger partial charge in [0, 0.05) is 50.1 Å². The number of ether oxygens (including phenoxy) is 1. The Kier molecular flexibility index (Phi) is 6.32. The van der Waals surface area contributed by atoms with E-state index in [1.54, 1.807) is 0 Å². The third kappa shape index (κ3) is 5.19. The molecule has 2 heterocycles. The maximum atomic E-state index is 12.3.